The highest BCUT2D eigenvalue weighted by molar-refractivity contribution is 9.10. The van der Waals surface area contributed by atoms with Crippen molar-refractivity contribution in [3.63, 3.8) is 0 Å². The van der Waals surface area contributed by atoms with Gasteiger partial charge in [-0.05, 0) is 47.5 Å². The Labute approximate surface area is 98.4 Å². The highest BCUT2D eigenvalue weighted by Gasteiger charge is 2.20. The van der Waals surface area contributed by atoms with E-state index in [0.29, 0.717) is 10.2 Å². The van der Waals surface area contributed by atoms with E-state index in [4.69, 9.17) is 11.2 Å². The van der Waals surface area contributed by atoms with Crippen LogP contribution < -0.4 is 4.74 Å². The second-order valence-corrected chi connectivity index (χ2v) is 4.63. The summed E-state index contributed by atoms with van der Waals surface area (Å²) in [4.78, 5) is 0. The van der Waals surface area contributed by atoms with Crippen molar-refractivity contribution in [2.45, 2.75) is 19.3 Å². The van der Waals surface area contributed by atoms with E-state index in [0.717, 1.165) is 5.56 Å². The first-order chi connectivity index (χ1) is 6.92. The first-order valence-corrected chi connectivity index (χ1v) is 5.26. The zero-order valence-corrected chi connectivity index (χ0v) is 10.6. The summed E-state index contributed by atoms with van der Waals surface area (Å²) in [6.45, 7) is 3.87. The molecule has 0 saturated heterocycles. The third kappa shape index (κ3) is 2.27. The van der Waals surface area contributed by atoms with Crippen molar-refractivity contribution >= 4 is 15.9 Å². The van der Waals surface area contributed by atoms with E-state index in [2.05, 4.69) is 21.9 Å². The van der Waals surface area contributed by atoms with E-state index in [1.165, 1.54) is 7.11 Å². The van der Waals surface area contributed by atoms with Crippen LogP contribution in [-0.2, 0) is 5.41 Å². The molecule has 15 heavy (non-hydrogen) atoms. The van der Waals surface area contributed by atoms with Crippen LogP contribution in [-0.4, -0.2) is 12.2 Å². The Morgan fingerprint density at radius 3 is 2.53 bits per heavy atom. The van der Waals surface area contributed by atoms with Gasteiger partial charge in [0.25, 0.3) is 0 Å². The Hall–Kier alpha value is -1.14. The van der Waals surface area contributed by atoms with Gasteiger partial charge >= 0.3 is 0 Å². The molecule has 2 nitrogen and oxygen atoms in total. The quantitative estimate of drug-likeness (QED) is 0.836. The summed E-state index contributed by atoms with van der Waals surface area (Å²) >= 11 is 3.26. The number of rotatable bonds is 2. The lowest BCUT2D eigenvalue weighted by molar-refractivity contribution is 0.370. The number of phenolic OH excluding ortho intramolecular Hbond substituents is 1. The van der Waals surface area contributed by atoms with Gasteiger partial charge in [0, 0.05) is 0 Å². The third-order valence-corrected chi connectivity index (χ3v) is 2.94. The van der Waals surface area contributed by atoms with Gasteiger partial charge in [0.2, 0.25) is 0 Å². The number of benzene rings is 1. The molecule has 1 rings (SSSR count). The summed E-state index contributed by atoms with van der Waals surface area (Å²) in [6.07, 6.45) is 5.45. The number of ether oxygens (including phenoxy) is 1. The van der Waals surface area contributed by atoms with Crippen molar-refractivity contribution in [1.29, 1.82) is 0 Å². The molecule has 1 N–H and O–H groups in total. The third-order valence-electron chi connectivity index (χ3n) is 2.33. The summed E-state index contributed by atoms with van der Waals surface area (Å²) in [5.41, 5.74) is 0.537. The molecule has 0 bridgehead atoms. The molecule has 80 valence electrons. The van der Waals surface area contributed by atoms with Gasteiger partial charge in [-0.15, -0.1) is 6.42 Å². The van der Waals surface area contributed by atoms with E-state index < -0.39 is 0 Å². The van der Waals surface area contributed by atoms with Crippen LogP contribution >= 0.6 is 15.9 Å². The van der Waals surface area contributed by atoms with Gasteiger partial charge in [0.1, 0.15) is 0 Å². The molecule has 0 radical (unpaired) electrons. The molecule has 0 heterocycles. The minimum Gasteiger partial charge on any atom is -0.503 e. The summed E-state index contributed by atoms with van der Waals surface area (Å²) in [6, 6.07) is 3.55. The number of terminal acetylenes is 1. The highest BCUT2D eigenvalue weighted by Crippen LogP contribution is 2.38. The van der Waals surface area contributed by atoms with E-state index in [1.807, 2.05) is 13.8 Å². The first-order valence-electron chi connectivity index (χ1n) is 4.47. The zero-order valence-electron chi connectivity index (χ0n) is 8.97. The monoisotopic (exact) mass is 268 g/mol. The fourth-order valence-electron chi connectivity index (χ4n) is 1.17. The normalized spacial score (nSPS) is 10.9. The standard InChI is InChI=1S/C12H13BrO2/c1-5-12(2,3)8-6-9(13)11(14)10(7-8)15-4/h1,6-7,14H,2-4H3. The average molecular weight is 269 g/mol. The Balaban J connectivity index is 3.36. The van der Waals surface area contributed by atoms with Crippen molar-refractivity contribution < 1.29 is 9.84 Å². The van der Waals surface area contributed by atoms with Gasteiger partial charge in [-0.1, -0.05) is 5.92 Å². The van der Waals surface area contributed by atoms with Crippen LogP contribution in [0.25, 0.3) is 0 Å². The van der Waals surface area contributed by atoms with E-state index in [1.54, 1.807) is 12.1 Å². The molecule has 0 aromatic heterocycles. The smallest absolute Gasteiger partial charge is 0.172 e. The number of phenols is 1. The van der Waals surface area contributed by atoms with Gasteiger partial charge in [0.15, 0.2) is 11.5 Å². The summed E-state index contributed by atoms with van der Waals surface area (Å²) < 4.78 is 5.64. The molecule has 0 fully saturated rings. The van der Waals surface area contributed by atoms with Crippen LogP contribution in [0, 0.1) is 12.3 Å². The predicted molar refractivity (Wildman–Crippen MR) is 64.2 cm³/mol. The molecule has 0 unspecified atom stereocenters. The van der Waals surface area contributed by atoms with Crippen molar-refractivity contribution in [1.82, 2.24) is 0 Å². The molecular formula is C12H13BrO2. The number of hydrogen-bond acceptors (Lipinski definition) is 2. The highest BCUT2D eigenvalue weighted by atomic mass is 79.9. The number of halogens is 1. The van der Waals surface area contributed by atoms with Crippen LogP contribution in [0.3, 0.4) is 0 Å². The molecule has 0 amide bonds. The van der Waals surface area contributed by atoms with Crippen LogP contribution in [0.15, 0.2) is 16.6 Å². The van der Waals surface area contributed by atoms with Gasteiger partial charge in [0.05, 0.1) is 17.0 Å². The molecular weight excluding hydrogens is 256 g/mol. The fourth-order valence-corrected chi connectivity index (χ4v) is 1.62. The minimum absolute atomic E-state index is 0.0917. The maximum Gasteiger partial charge on any atom is 0.172 e. The van der Waals surface area contributed by atoms with E-state index in [-0.39, 0.29) is 11.2 Å². The summed E-state index contributed by atoms with van der Waals surface area (Å²) in [5, 5.41) is 9.64. The topological polar surface area (TPSA) is 29.5 Å². The van der Waals surface area contributed by atoms with Crippen LogP contribution in [0.4, 0.5) is 0 Å². The Morgan fingerprint density at radius 2 is 2.07 bits per heavy atom. The number of aromatic hydroxyl groups is 1. The fraction of sp³-hybridized carbons (Fsp3) is 0.333. The van der Waals surface area contributed by atoms with Crippen LogP contribution in [0.2, 0.25) is 0 Å². The molecule has 0 aliphatic carbocycles. The SMILES string of the molecule is C#CC(C)(C)c1cc(Br)c(O)c(OC)c1. The van der Waals surface area contributed by atoms with E-state index >= 15 is 0 Å². The van der Waals surface area contributed by atoms with Gasteiger partial charge in [-0.2, -0.15) is 0 Å². The Bertz CT molecular complexity index is 416. The Kier molecular flexibility index (Phi) is 3.31. The average Bonchev–Trinajstić information content (AvgIpc) is 2.21. The largest absolute Gasteiger partial charge is 0.503 e. The molecule has 0 spiro atoms. The van der Waals surface area contributed by atoms with Crippen molar-refractivity contribution in [3.8, 4) is 23.8 Å². The minimum atomic E-state index is -0.385. The second kappa shape index (κ2) is 4.16. The van der Waals surface area contributed by atoms with Crippen molar-refractivity contribution in [2.24, 2.45) is 0 Å². The maximum atomic E-state index is 9.64. The van der Waals surface area contributed by atoms with Gasteiger partial charge < -0.3 is 9.84 Å². The first kappa shape index (κ1) is 11.9. The Morgan fingerprint density at radius 1 is 1.47 bits per heavy atom. The predicted octanol–water partition coefficient (Wildman–Crippen LogP) is 3.07. The molecule has 0 aliphatic heterocycles. The van der Waals surface area contributed by atoms with E-state index in [9.17, 15) is 5.11 Å². The summed E-state index contributed by atoms with van der Waals surface area (Å²) in [7, 11) is 1.51. The van der Waals surface area contributed by atoms with Crippen LogP contribution in [0.1, 0.15) is 19.4 Å². The molecule has 3 heteroatoms. The molecule has 0 atom stereocenters. The van der Waals surface area contributed by atoms with Crippen molar-refractivity contribution in [2.75, 3.05) is 7.11 Å². The lowest BCUT2D eigenvalue weighted by Gasteiger charge is -2.19. The molecule has 0 aliphatic rings. The number of methoxy groups -OCH3 is 1. The van der Waals surface area contributed by atoms with Gasteiger partial charge in [-0.25, -0.2) is 0 Å². The van der Waals surface area contributed by atoms with Crippen LogP contribution in [0.5, 0.6) is 11.5 Å². The zero-order chi connectivity index (χ0) is 11.6. The lowest BCUT2D eigenvalue weighted by atomic mass is 9.85. The van der Waals surface area contributed by atoms with Crippen molar-refractivity contribution in [3.05, 3.63) is 22.2 Å². The lowest BCUT2D eigenvalue weighted by Crippen LogP contribution is -2.13. The van der Waals surface area contributed by atoms with Gasteiger partial charge in [-0.3, -0.25) is 0 Å². The number of hydrogen-bond donors (Lipinski definition) is 1. The summed E-state index contributed by atoms with van der Waals surface area (Å²) in [5.74, 6) is 3.21. The maximum absolute atomic E-state index is 9.64. The molecule has 1 aromatic carbocycles. The second-order valence-electron chi connectivity index (χ2n) is 3.78. The molecule has 0 saturated carbocycles. The molecule has 1 aromatic rings.